The summed E-state index contributed by atoms with van der Waals surface area (Å²) in [5.41, 5.74) is 0.715. The molecule has 0 aromatic heterocycles. The SMILES string of the molecule is CN(C)C(Cc1ccc(OC(=O)/C=C/C(=O)Oc2ccc(CC(N(C)C)C3(O)CCCCC3)cc2)cc1)C1(O)CCCCC1. The molecule has 0 radical (unpaired) electrons. The number of esters is 2. The van der Waals surface area contributed by atoms with E-state index in [1.165, 1.54) is 12.8 Å². The van der Waals surface area contributed by atoms with E-state index in [2.05, 4.69) is 9.80 Å². The number of nitrogens with zero attached hydrogens (tertiary/aromatic N) is 2. The maximum atomic E-state index is 12.3. The van der Waals surface area contributed by atoms with Crippen molar-refractivity contribution in [3.63, 3.8) is 0 Å². The third kappa shape index (κ3) is 9.24. The first-order chi connectivity index (χ1) is 21.0. The molecule has 0 amide bonds. The van der Waals surface area contributed by atoms with Gasteiger partial charge in [0.25, 0.3) is 0 Å². The van der Waals surface area contributed by atoms with E-state index in [4.69, 9.17) is 9.47 Å². The molecule has 4 rings (SSSR count). The van der Waals surface area contributed by atoms with Crippen LogP contribution in [0.15, 0.2) is 60.7 Å². The van der Waals surface area contributed by atoms with Gasteiger partial charge in [-0.05, 0) is 102 Å². The molecule has 8 nitrogen and oxygen atoms in total. The Balaban J connectivity index is 1.26. The Morgan fingerprint density at radius 3 is 1.25 bits per heavy atom. The topological polar surface area (TPSA) is 99.5 Å². The molecule has 2 N–H and O–H groups in total. The summed E-state index contributed by atoms with van der Waals surface area (Å²) in [6, 6.07) is 14.5. The molecule has 2 aliphatic rings. The highest BCUT2D eigenvalue weighted by Crippen LogP contribution is 2.35. The average Bonchev–Trinajstić information content (AvgIpc) is 2.99. The van der Waals surface area contributed by atoms with Gasteiger partial charge < -0.3 is 29.5 Å². The van der Waals surface area contributed by atoms with Crippen molar-refractivity contribution in [2.45, 2.75) is 100 Å². The number of likely N-dealkylation sites (N-methyl/N-ethyl adjacent to an activating group) is 2. The van der Waals surface area contributed by atoms with Crippen LogP contribution in [0.5, 0.6) is 11.5 Å². The van der Waals surface area contributed by atoms with E-state index in [0.717, 1.165) is 74.6 Å². The van der Waals surface area contributed by atoms with Crippen LogP contribution in [0.3, 0.4) is 0 Å². The Labute approximate surface area is 262 Å². The molecule has 2 unspecified atom stereocenters. The van der Waals surface area contributed by atoms with Gasteiger partial charge in [-0.2, -0.15) is 0 Å². The fraction of sp³-hybridized carbons (Fsp3) is 0.556. The molecule has 0 bridgehead atoms. The quantitative estimate of drug-likeness (QED) is 0.196. The summed E-state index contributed by atoms with van der Waals surface area (Å²) in [4.78, 5) is 28.9. The standard InChI is InChI=1S/C36H50N2O6/c1-37(2)31(35(41)21-7-5-8-22-35)25-27-11-15-29(16-12-27)43-33(39)19-20-34(40)44-30-17-13-28(14-18-30)26-32(38(3)4)36(42)23-9-6-10-24-36/h11-20,31-32,41-42H,5-10,21-26H2,1-4H3/b20-19+. The predicted octanol–water partition coefficient (Wildman–Crippen LogP) is 5.09. The Kier molecular flexibility index (Phi) is 11.8. The monoisotopic (exact) mass is 606 g/mol. The molecule has 2 aromatic carbocycles. The van der Waals surface area contributed by atoms with Gasteiger partial charge in [-0.3, -0.25) is 0 Å². The summed E-state index contributed by atoms with van der Waals surface area (Å²) < 4.78 is 10.7. The van der Waals surface area contributed by atoms with Gasteiger partial charge in [0.05, 0.1) is 11.2 Å². The number of carbonyl (C=O) groups excluding carboxylic acids is 2. The van der Waals surface area contributed by atoms with Gasteiger partial charge in [0.15, 0.2) is 0 Å². The Hall–Kier alpha value is -3.04. The van der Waals surface area contributed by atoms with Gasteiger partial charge in [-0.15, -0.1) is 0 Å². The normalized spacial score (nSPS) is 19.5. The van der Waals surface area contributed by atoms with E-state index in [0.29, 0.717) is 24.3 Å². The number of rotatable bonds is 12. The van der Waals surface area contributed by atoms with Crippen LogP contribution in [0, 0.1) is 0 Å². The van der Waals surface area contributed by atoms with E-state index in [1.807, 2.05) is 52.5 Å². The van der Waals surface area contributed by atoms with Gasteiger partial charge >= 0.3 is 11.9 Å². The summed E-state index contributed by atoms with van der Waals surface area (Å²) >= 11 is 0. The van der Waals surface area contributed by atoms with Crippen molar-refractivity contribution >= 4 is 11.9 Å². The van der Waals surface area contributed by atoms with Gasteiger partial charge in [-0.25, -0.2) is 9.59 Å². The van der Waals surface area contributed by atoms with E-state index >= 15 is 0 Å². The van der Waals surface area contributed by atoms with Crippen molar-refractivity contribution in [3.8, 4) is 11.5 Å². The summed E-state index contributed by atoms with van der Waals surface area (Å²) in [7, 11) is 8.02. The Morgan fingerprint density at radius 1 is 0.636 bits per heavy atom. The molecule has 240 valence electrons. The van der Waals surface area contributed by atoms with Crippen LogP contribution in [-0.2, 0) is 22.4 Å². The molecule has 8 heteroatoms. The molecular weight excluding hydrogens is 556 g/mol. The van der Waals surface area contributed by atoms with Crippen molar-refractivity contribution in [1.29, 1.82) is 0 Å². The van der Waals surface area contributed by atoms with E-state index in [9.17, 15) is 19.8 Å². The summed E-state index contributed by atoms with van der Waals surface area (Å²) in [6.45, 7) is 0. The van der Waals surface area contributed by atoms with Crippen LogP contribution in [0.25, 0.3) is 0 Å². The number of aliphatic hydroxyl groups is 2. The summed E-state index contributed by atoms with van der Waals surface area (Å²) in [5, 5.41) is 22.6. The highest BCUT2D eigenvalue weighted by atomic mass is 16.5. The van der Waals surface area contributed by atoms with Crippen molar-refractivity contribution in [1.82, 2.24) is 9.80 Å². The van der Waals surface area contributed by atoms with Crippen LogP contribution < -0.4 is 9.47 Å². The highest BCUT2D eigenvalue weighted by Gasteiger charge is 2.40. The molecule has 0 aliphatic heterocycles. The summed E-state index contributed by atoms with van der Waals surface area (Å²) in [6.07, 6.45) is 13.3. The first kappa shape index (κ1) is 33.8. The van der Waals surface area contributed by atoms with E-state index in [1.54, 1.807) is 24.3 Å². The number of benzene rings is 2. The average molecular weight is 607 g/mol. The second-order valence-electron chi connectivity index (χ2n) is 13.2. The first-order valence-corrected chi connectivity index (χ1v) is 16.0. The maximum Gasteiger partial charge on any atom is 0.336 e. The molecule has 2 saturated carbocycles. The maximum absolute atomic E-state index is 12.3. The van der Waals surface area contributed by atoms with E-state index < -0.39 is 23.1 Å². The van der Waals surface area contributed by atoms with Crippen LogP contribution in [0.4, 0.5) is 0 Å². The van der Waals surface area contributed by atoms with Gasteiger partial charge in [-0.1, -0.05) is 62.8 Å². The Morgan fingerprint density at radius 2 is 0.955 bits per heavy atom. The van der Waals surface area contributed by atoms with Crippen molar-refractivity contribution in [3.05, 3.63) is 71.8 Å². The van der Waals surface area contributed by atoms with Crippen LogP contribution in [0.1, 0.15) is 75.3 Å². The molecule has 0 heterocycles. The largest absolute Gasteiger partial charge is 0.423 e. The third-order valence-electron chi connectivity index (χ3n) is 9.42. The van der Waals surface area contributed by atoms with Crippen molar-refractivity contribution < 1.29 is 29.3 Å². The van der Waals surface area contributed by atoms with Crippen LogP contribution in [-0.4, -0.2) is 83.4 Å². The molecule has 0 spiro atoms. The predicted molar refractivity (Wildman–Crippen MR) is 172 cm³/mol. The lowest BCUT2D eigenvalue weighted by Crippen LogP contribution is -2.52. The third-order valence-corrected chi connectivity index (χ3v) is 9.42. The minimum Gasteiger partial charge on any atom is -0.423 e. The Bertz CT molecular complexity index is 1140. The summed E-state index contributed by atoms with van der Waals surface area (Å²) in [5.74, 6) is -0.607. The number of hydrogen-bond acceptors (Lipinski definition) is 8. The second-order valence-corrected chi connectivity index (χ2v) is 13.2. The fourth-order valence-electron chi connectivity index (χ4n) is 6.97. The van der Waals surface area contributed by atoms with Gasteiger partial charge in [0.1, 0.15) is 11.5 Å². The molecular formula is C36H50N2O6. The molecule has 2 aliphatic carbocycles. The lowest BCUT2D eigenvalue weighted by Gasteiger charge is -2.42. The highest BCUT2D eigenvalue weighted by molar-refractivity contribution is 5.93. The lowest BCUT2D eigenvalue weighted by atomic mass is 9.77. The zero-order valence-electron chi connectivity index (χ0n) is 26.8. The fourth-order valence-corrected chi connectivity index (χ4v) is 6.97. The number of hydrogen-bond donors (Lipinski definition) is 2. The van der Waals surface area contributed by atoms with E-state index in [-0.39, 0.29) is 12.1 Å². The minimum absolute atomic E-state index is 0.00510. The zero-order chi connectivity index (χ0) is 31.7. The van der Waals surface area contributed by atoms with Gasteiger partial charge in [0.2, 0.25) is 0 Å². The zero-order valence-corrected chi connectivity index (χ0v) is 26.8. The first-order valence-electron chi connectivity index (χ1n) is 16.0. The molecule has 0 saturated heterocycles. The number of ether oxygens (including phenoxy) is 2. The molecule has 2 aromatic rings. The van der Waals surface area contributed by atoms with Crippen LogP contribution in [0.2, 0.25) is 0 Å². The molecule has 44 heavy (non-hydrogen) atoms. The molecule has 2 atom stereocenters. The molecule has 2 fully saturated rings. The number of carbonyl (C=O) groups is 2. The lowest BCUT2D eigenvalue weighted by molar-refractivity contribution is -0.131. The van der Waals surface area contributed by atoms with Gasteiger partial charge in [0, 0.05) is 24.2 Å². The minimum atomic E-state index is -0.693. The smallest absolute Gasteiger partial charge is 0.336 e. The van der Waals surface area contributed by atoms with Crippen molar-refractivity contribution in [2.75, 3.05) is 28.2 Å². The second kappa shape index (κ2) is 15.3. The van der Waals surface area contributed by atoms with Crippen molar-refractivity contribution in [2.24, 2.45) is 0 Å². The van der Waals surface area contributed by atoms with Crippen LogP contribution >= 0.6 is 0 Å².